The molecule has 2 rings (SSSR count). The zero-order valence-corrected chi connectivity index (χ0v) is 23.0. The number of rotatable bonds is 2. The smallest absolute Gasteiger partial charge is 0.309 e. The van der Waals surface area contributed by atoms with Gasteiger partial charge in [-0.05, 0) is 50.2 Å². The van der Waals surface area contributed by atoms with Crippen LogP contribution in [0.3, 0.4) is 0 Å². The molecule has 0 aromatic carbocycles. The number of aromatic nitrogens is 1. The molecule has 7 atom stereocenters. The van der Waals surface area contributed by atoms with Crippen LogP contribution >= 0.6 is 11.3 Å². The van der Waals surface area contributed by atoms with Gasteiger partial charge in [0.25, 0.3) is 0 Å². The fraction of sp³-hybridized carbons (Fsp3) is 0.741. The van der Waals surface area contributed by atoms with Crippen molar-refractivity contribution in [3.05, 3.63) is 21.7 Å². The number of ketones is 1. The summed E-state index contributed by atoms with van der Waals surface area (Å²) >= 11 is 1.53. The van der Waals surface area contributed by atoms with Gasteiger partial charge in [-0.25, -0.2) is 4.98 Å². The number of hydrogen-bond acceptors (Lipinski definition) is 8. The minimum absolute atomic E-state index is 0.0358. The van der Waals surface area contributed by atoms with Crippen LogP contribution < -0.4 is 0 Å². The third-order valence-electron chi connectivity index (χ3n) is 7.56. The molecule has 0 radical (unpaired) electrons. The van der Waals surface area contributed by atoms with Gasteiger partial charge in [0.15, 0.2) is 0 Å². The molecule has 198 valence electrons. The van der Waals surface area contributed by atoms with Crippen molar-refractivity contribution in [1.82, 2.24) is 4.98 Å². The minimum atomic E-state index is -1.27. The van der Waals surface area contributed by atoms with E-state index in [1.165, 1.54) is 11.3 Å². The number of aryl methyl sites for hydroxylation is 1. The average molecular weight is 510 g/mol. The van der Waals surface area contributed by atoms with Crippen LogP contribution in [-0.4, -0.2) is 56.5 Å². The fourth-order valence-electron chi connectivity index (χ4n) is 4.69. The Morgan fingerprint density at radius 1 is 1.14 bits per heavy atom. The zero-order valence-electron chi connectivity index (χ0n) is 22.2. The molecule has 35 heavy (non-hydrogen) atoms. The molecule has 0 amide bonds. The first kappa shape index (κ1) is 29.6. The molecule has 2 heterocycles. The summed E-state index contributed by atoms with van der Waals surface area (Å²) in [6.07, 6.45) is 0.500. The van der Waals surface area contributed by atoms with Crippen molar-refractivity contribution in [3.63, 3.8) is 0 Å². The molecule has 0 saturated carbocycles. The number of carbonyl (C=O) groups excluding carboxylic acids is 2. The number of aliphatic hydroxyl groups is 3. The highest BCUT2D eigenvalue weighted by atomic mass is 32.1. The van der Waals surface area contributed by atoms with E-state index in [0.717, 1.165) is 35.5 Å². The summed E-state index contributed by atoms with van der Waals surface area (Å²) in [6, 6.07) is 0. The second kappa shape index (κ2) is 12.6. The summed E-state index contributed by atoms with van der Waals surface area (Å²) in [5, 5.41) is 35.4. The Morgan fingerprint density at radius 3 is 2.37 bits per heavy atom. The minimum Gasteiger partial charge on any atom is -0.458 e. The Hall–Kier alpha value is -1.61. The Labute approximate surface area is 213 Å². The van der Waals surface area contributed by atoms with Gasteiger partial charge in [-0.15, -0.1) is 11.3 Å². The molecule has 8 heteroatoms. The number of hydrogen-bond donors (Lipinski definition) is 3. The molecule has 7 nitrogen and oxygen atoms in total. The number of nitrogens with zero attached hydrogens (tertiary/aromatic N) is 1. The van der Waals surface area contributed by atoms with Gasteiger partial charge in [-0.3, -0.25) is 9.59 Å². The molecule has 1 fully saturated rings. The second-order valence-electron chi connectivity index (χ2n) is 10.9. The lowest BCUT2D eigenvalue weighted by atomic mass is 9.73. The molecule has 6 unspecified atom stereocenters. The molecule has 1 aliphatic rings. The van der Waals surface area contributed by atoms with Crippen molar-refractivity contribution in [1.29, 1.82) is 0 Å². The van der Waals surface area contributed by atoms with Gasteiger partial charge in [0.1, 0.15) is 11.9 Å². The van der Waals surface area contributed by atoms with Crippen LogP contribution in [0, 0.1) is 30.1 Å². The summed E-state index contributed by atoms with van der Waals surface area (Å²) < 4.78 is 5.76. The lowest BCUT2D eigenvalue weighted by molar-refractivity contribution is -0.155. The van der Waals surface area contributed by atoms with Crippen LogP contribution in [-0.2, 0) is 14.3 Å². The average Bonchev–Trinajstić information content (AvgIpc) is 3.20. The molecule has 1 saturated heterocycles. The van der Waals surface area contributed by atoms with E-state index in [-0.39, 0.29) is 30.5 Å². The highest BCUT2D eigenvalue weighted by Crippen LogP contribution is 2.33. The Morgan fingerprint density at radius 2 is 1.77 bits per heavy atom. The lowest BCUT2D eigenvalue weighted by Gasteiger charge is -2.35. The number of aliphatic hydroxyl groups excluding tert-OH is 3. The molecule has 1 aromatic heterocycles. The van der Waals surface area contributed by atoms with Gasteiger partial charge >= 0.3 is 5.97 Å². The first-order valence-electron chi connectivity index (χ1n) is 12.6. The molecule has 1 aliphatic heterocycles. The van der Waals surface area contributed by atoms with Crippen LogP contribution in [0.1, 0.15) is 84.3 Å². The van der Waals surface area contributed by atoms with Crippen LogP contribution in [0.25, 0.3) is 6.08 Å². The predicted molar refractivity (Wildman–Crippen MR) is 138 cm³/mol. The number of carbonyl (C=O) groups is 2. The Bertz CT molecular complexity index is 894. The Kier molecular flexibility index (Phi) is 10.6. The normalized spacial score (nSPS) is 34.5. The van der Waals surface area contributed by atoms with E-state index in [4.69, 9.17) is 4.74 Å². The van der Waals surface area contributed by atoms with E-state index >= 15 is 0 Å². The van der Waals surface area contributed by atoms with Crippen molar-refractivity contribution in [2.45, 2.75) is 105 Å². The number of esters is 1. The van der Waals surface area contributed by atoms with Crippen molar-refractivity contribution < 1.29 is 29.6 Å². The maximum Gasteiger partial charge on any atom is 0.309 e. The first-order chi connectivity index (χ1) is 16.2. The number of Topliss-reactive ketones (excluding diaryl/α,β-unsaturated/α-hetero) is 1. The summed E-state index contributed by atoms with van der Waals surface area (Å²) in [4.78, 5) is 30.5. The third kappa shape index (κ3) is 7.94. The second-order valence-corrected chi connectivity index (χ2v) is 12.0. The van der Waals surface area contributed by atoms with Crippen LogP contribution in [0.2, 0.25) is 0 Å². The van der Waals surface area contributed by atoms with Gasteiger partial charge in [-0.2, -0.15) is 0 Å². The first-order valence-corrected chi connectivity index (χ1v) is 13.5. The number of ether oxygens (including phenoxy) is 1. The molecule has 1 aromatic rings. The molecule has 0 spiro atoms. The topological polar surface area (TPSA) is 117 Å². The Balaban J connectivity index is 2.33. The standard InChI is InChI=1S/C27H43NO6S/c1-15-9-8-10-16(2)25(32)18(4)26(33)27(6,7)23(30)13-24(31)34-22(12-21(15)29)17(3)11-20-14-35-19(5)28-20/h11,14-16,18,21-23,25,29-30,32H,8-10,12-13H2,1-7H3/b17-11+/t15?,16?,18?,21?,22?,23?,25-/m0/s1. The lowest BCUT2D eigenvalue weighted by Crippen LogP contribution is -2.45. The van der Waals surface area contributed by atoms with E-state index in [1.54, 1.807) is 20.8 Å². The SMILES string of the molecule is C/C(=C\c1csc(C)n1)C1CC(O)C(C)CCCC(C)[C@H](O)C(C)C(=O)C(C)(C)C(O)CC(=O)O1. The summed E-state index contributed by atoms with van der Waals surface area (Å²) in [7, 11) is 0. The van der Waals surface area contributed by atoms with Gasteiger partial charge in [0.2, 0.25) is 0 Å². The molecular weight excluding hydrogens is 466 g/mol. The predicted octanol–water partition coefficient (Wildman–Crippen LogP) is 4.32. The fourth-order valence-corrected chi connectivity index (χ4v) is 5.27. The van der Waals surface area contributed by atoms with Crippen molar-refractivity contribution in [3.8, 4) is 0 Å². The van der Waals surface area contributed by atoms with Gasteiger partial charge in [-0.1, -0.05) is 41.0 Å². The van der Waals surface area contributed by atoms with E-state index in [2.05, 4.69) is 4.98 Å². The van der Waals surface area contributed by atoms with E-state index < -0.39 is 41.7 Å². The third-order valence-corrected chi connectivity index (χ3v) is 8.35. The van der Waals surface area contributed by atoms with Gasteiger partial charge in [0.05, 0.1) is 40.8 Å². The highest BCUT2D eigenvalue weighted by molar-refractivity contribution is 7.09. The van der Waals surface area contributed by atoms with E-state index in [0.29, 0.717) is 0 Å². The monoisotopic (exact) mass is 509 g/mol. The summed E-state index contributed by atoms with van der Waals surface area (Å²) in [5.41, 5.74) is 0.290. The largest absolute Gasteiger partial charge is 0.458 e. The molecular formula is C27H43NO6S. The number of thiazole rings is 1. The summed E-state index contributed by atoms with van der Waals surface area (Å²) in [5.74, 6) is -1.74. The molecule has 0 bridgehead atoms. The molecule has 0 aliphatic carbocycles. The zero-order chi connectivity index (χ0) is 26.5. The van der Waals surface area contributed by atoms with Crippen molar-refractivity contribution in [2.75, 3.05) is 0 Å². The van der Waals surface area contributed by atoms with Crippen LogP contribution in [0.15, 0.2) is 11.0 Å². The summed E-state index contributed by atoms with van der Waals surface area (Å²) in [6.45, 7) is 12.5. The molecule has 3 N–H and O–H groups in total. The quantitative estimate of drug-likeness (QED) is 0.508. The maximum absolute atomic E-state index is 13.2. The van der Waals surface area contributed by atoms with Gasteiger partial charge in [0, 0.05) is 17.7 Å². The van der Waals surface area contributed by atoms with Crippen molar-refractivity contribution >= 4 is 29.2 Å². The maximum atomic E-state index is 13.2. The van der Waals surface area contributed by atoms with E-state index in [9.17, 15) is 24.9 Å². The van der Waals surface area contributed by atoms with Gasteiger partial charge < -0.3 is 20.1 Å². The van der Waals surface area contributed by atoms with E-state index in [1.807, 2.05) is 39.2 Å². The number of cyclic esters (lactones) is 1. The van der Waals surface area contributed by atoms with Crippen LogP contribution in [0.4, 0.5) is 0 Å². The highest BCUT2D eigenvalue weighted by Gasteiger charge is 2.42. The van der Waals surface area contributed by atoms with Crippen molar-refractivity contribution in [2.24, 2.45) is 23.2 Å². The van der Waals surface area contributed by atoms with Crippen LogP contribution in [0.5, 0.6) is 0 Å².